The van der Waals surface area contributed by atoms with E-state index in [1.807, 2.05) is 42.5 Å². The Morgan fingerprint density at radius 3 is 2.34 bits per heavy atom. The van der Waals surface area contributed by atoms with Crippen molar-refractivity contribution in [3.8, 4) is 0 Å². The van der Waals surface area contributed by atoms with E-state index in [0.29, 0.717) is 16.3 Å². The lowest BCUT2D eigenvalue weighted by atomic mass is 9.85. The average Bonchev–Trinajstić information content (AvgIpc) is 3.53. The quantitative estimate of drug-likeness (QED) is 0.362. The molecule has 5 atom stereocenters. The van der Waals surface area contributed by atoms with Crippen molar-refractivity contribution in [2.75, 3.05) is 11.9 Å². The van der Waals surface area contributed by atoms with Crippen LogP contribution in [0.2, 0.25) is 5.02 Å². The number of nitrogens with zero attached hydrogens (tertiary/aromatic N) is 1. The third kappa shape index (κ3) is 4.25. The van der Waals surface area contributed by atoms with Gasteiger partial charge in [-0.25, -0.2) is 4.79 Å². The van der Waals surface area contributed by atoms with Crippen LogP contribution in [0.15, 0.2) is 60.7 Å². The molecule has 0 spiro atoms. The van der Waals surface area contributed by atoms with Gasteiger partial charge in [0.25, 0.3) is 5.91 Å². The predicted octanol–water partition coefficient (Wildman–Crippen LogP) is 3.55. The van der Waals surface area contributed by atoms with E-state index in [2.05, 4.69) is 5.32 Å². The molecule has 5 rings (SSSR count). The smallest absolute Gasteiger partial charge is 0.330 e. The van der Waals surface area contributed by atoms with Gasteiger partial charge in [0.15, 0.2) is 6.61 Å². The summed E-state index contributed by atoms with van der Waals surface area (Å²) in [6.07, 6.45) is 4.94. The molecular formula is C27H25ClN2O5. The largest absolute Gasteiger partial charge is 0.454 e. The minimum Gasteiger partial charge on any atom is -0.454 e. The number of carbonyl (C=O) groups is 4. The van der Waals surface area contributed by atoms with Crippen molar-refractivity contribution in [1.29, 1.82) is 0 Å². The number of hydrogen-bond donors (Lipinski definition) is 1. The first-order chi connectivity index (χ1) is 16.8. The van der Waals surface area contributed by atoms with Crippen molar-refractivity contribution in [2.45, 2.75) is 25.8 Å². The van der Waals surface area contributed by atoms with Gasteiger partial charge in [-0.05, 0) is 48.4 Å². The Morgan fingerprint density at radius 1 is 1.03 bits per heavy atom. The fourth-order valence-corrected chi connectivity index (χ4v) is 5.69. The van der Waals surface area contributed by atoms with Gasteiger partial charge in [-0.15, -0.1) is 0 Å². The molecule has 1 saturated heterocycles. The molecular weight excluding hydrogens is 468 g/mol. The number of esters is 1. The first-order valence-corrected chi connectivity index (χ1v) is 12.0. The maximum Gasteiger partial charge on any atom is 0.330 e. The molecule has 2 fully saturated rings. The Kier molecular flexibility index (Phi) is 6.19. The molecule has 35 heavy (non-hydrogen) atoms. The van der Waals surface area contributed by atoms with Crippen LogP contribution in [-0.4, -0.2) is 41.2 Å². The maximum absolute atomic E-state index is 13.3. The summed E-state index contributed by atoms with van der Waals surface area (Å²) in [6, 6.07) is 13.1. The highest BCUT2D eigenvalue weighted by Gasteiger charge is 2.61. The van der Waals surface area contributed by atoms with Gasteiger partial charge in [-0.3, -0.25) is 19.3 Å². The maximum atomic E-state index is 13.3. The van der Waals surface area contributed by atoms with Gasteiger partial charge in [0.05, 0.1) is 11.8 Å². The number of hydrogen-bond acceptors (Lipinski definition) is 5. The van der Waals surface area contributed by atoms with Crippen LogP contribution in [0.25, 0.3) is 0 Å². The van der Waals surface area contributed by atoms with Crippen molar-refractivity contribution in [3.63, 3.8) is 0 Å². The lowest BCUT2D eigenvalue weighted by Gasteiger charge is -2.26. The number of amides is 3. The molecule has 1 heterocycles. The number of rotatable bonds is 7. The van der Waals surface area contributed by atoms with Gasteiger partial charge in [0.1, 0.15) is 6.04 Å². The Hall–Kier alpha value is -3.45. The third-order valence-corrected chi connectivity index (χ3v) is 7.66. The van der Waals surface area contributed by atoms with E-state index in [1.54, 1.807) is 25.1 Å². The number of likely N-dealkylation sites (tertiary alicyclic amines) is 1. The van der Waals surface area contributed by atoms with Crippen molar-refractivity contribution < 1.29 is 23.9 Å². The van der Waals surface area contributed by atoms with E-state index in [1.165, 1.54) is 0 Å². The molecule has 1 saturated carbocycles. The van der Waals surface area contributed by atoms with E-state index < -0.39 is 36.4 Å². The van der Waals surface area contributed by atoms with Crippen molar-refractivity contribution in [2.24, 2.45) is 23.7 Å². The lowest BCUT2D eigenvalue weighted by Crippen LogP contribution is -2.48. The van der Waals surface area contributed by atoms with Crippen LogP contribution in [0, 0.1) is 30.6 Å². The Balaban J connectivity index is 1.32. The number of halogens is 1. The zero-order valence-corrected chi connectivity index (χ0v) is 19.9. The number of nitrogens with one attached hydrogen (secondary N) is 1. The summed E-state index contributed by atoms with van der Waals surface area (Å²) in [7, 11) is 0. The molecule has 0 aromatic heterocycles. The number of fused-ring (bicyclic) bond motifs is 5. The molecule has 8 heteroatoms. The van der Waals surface area contributed by atoms with Crippen molar-refractivity contribution >= 4 is 41.0 Å². The molecule has 180 valence electrons. The monoisotopic (exact) mass is 492 g/mol. The number of ether oxygens (including phenoxy) is 1. The molecule has 1 N–H and O–H groups in total. The van der Waals surface area contributed by atoms with Gasteiger partial charge >= 0.3 is 5.97 Å². The lowest BCUT2D eigenvalue weighted by molar-refractivity contribution is -0.160. The van der Waals surface area contributed by atoms with Crippen LogP contribution in [0.4, 0.5) is 5.69 Å². The summed E-state index contributed by atoms with van der Waals surface area (Å²) in [5.41, 5.74) is 1.99. The topological polar surface area (TPSA) is 92.8 Å². The summed E-state index contributed by atoms with van der Waals surface area (Å²) < 4.78 is 5.34. The average molecular weight is 493 g/mol. The van der Waals surface area contributed by atoms with E-state index in [-0.39, 0.29) is 30.1 Å². The molecule has 2 aliphatic carbocycles. The highest BCUT2D eigenvalue weighted by molar-refractivity contribution is 6.31. The summed E-state index contributed by atoms with van der Waals surface area (Å²) in [4.78, 5) is 53.5. The minimum absolute atomic E-state index is 0.0339. The van der Waals surface area contributed by atoms with E-state index in [9.17, 15) is 19.2 Å². The number of benzene rings is 2. The zero-order chi connectivity index (χ0) is 24.7. The Bertz CT molecular complexity index is 1200. The van der Waals surface area contributed by atoms with E-state index in [0.717, 1.165) is 16.9 Å². The summed E-state index contributed by atoms with van der Waals surface area (Å²) in [5, 5.41) is 3.18. The Labute approximate surface area is 208 Å². The molecule has 2 bridgehead atoms. The molecule has 7 nitrogen and oxygen atoms in total. The summed E-state index contributed by atoms with van der Waals surface area (Å²) in [6.45, 7) is 1.22. The molecule has 2 aromatic carbocycles. The summed E-state index contributed by atoms with van der Waals surface area (Å²) in [5.74, 6) is -2.75. The van der Waals surface area contributed by atoms with Crippen LogP contribution in [0.3, 0.4) is 0 Å². The molecule has 0 radical (unpaired) electrons. The fraction of sp³-hybridized carbons (Fsp3) is 0.333. The second-order valence-corrected chi connectivity index (χ2v) is 9.73. The van der Waals surface area contributed by atoms with Gasteiger partial charge in [0.2, 0.25) is 11.8 Å². The van der Waals surface area contributed by atoms with Gasteiger partial charge < -0.3 is 10.1 Å². The number of anilines is 1. The SMILES string of the molecule is Cc1c(Cl)cccc1NC(=O)COC(=O)[C@@H](Cc1ccccc1)N1C(=O)[C@@H]2[C@H](C1=O)[C@H]1C=C[C@H]2C1. The minimum atomic E-state index is -1.14. The van der Waals surface area contributed by atoms with Gasteiger partial charge in [-0.1, -0.05) is 60.2 Å². The third-order valence-electron chi connectivity index (χ3n) is 7.25. The fourth-order valence-electron chi connectivity index (χ4n) is 5.51. The molecule has 2 aromatic rings. The summed E-state index contributed by atoms with van der Waals surface area (Å²) >= 11 is 6.10. The second-order valence-electron chi connectivity index (χ2n) is 9.32. The van der Waals surface area contributed by atoms with Gasteiger partial charge in [-0.2, -0.15) is 0 Å². The van der Waals surface area contributed by atoms with Crippen LogP contribution in [0.5, 0.6) is 0 Å². The molecule has 3 amide bonds. The molecule has 0 unspecified atom stereocenters. The van der Waals surface area contributed by atoms with E-state index in [4.69, 9.17) is 16.3 Å². The van der Waals surface area contributed by atoms with Crippen LogP contribution in [-0.2, 0) is 30.3 Å². The van der Waals surface area contributed by atoms with Crippen LogP contribution < -0.4 is 5.32 Å². The van der Waals surface area contributed by atoms with Crippen molar-refractivity contribution in [1.82, 2.24) is 4.90 Å². The molecule has 1 aliphatic heterocycles. The van der Waals surface area contributed by atoms with Crippen LogP contribution >= 0.6 is 11.6 Å². The first-order valence-electron chi connectivity index (χ1n) is 11.7. The predicted molar refractivity (Wildman–Crippen MR) is 129 cm³/mol. The molecule has 3 aliphatic rings. The van der Waals surface area contributed by atoms with E-state index >= 15 is 0 Å². The highest BCUT2D eigenvalue weighted by atomic mass is 35.5. The van der Waals surface area contributed by atoms with Crippen molar-refractivity contribution in [3.05, 3.63) is 76.8 Å². The van der Waals surface area contributed by atoms with Gasteiger partial charge in [0, 0.05) is 17.1 Å². The highest BCUT2D eigenvalue weighted by Crippen LogP contribution is 2.53. The standard InChI is InChI=1S/C27H25ClN2O5/c1-15-19(28)8-5-9-20(15)29-22(31)14-35-27(34)21(12-16-6-3-2-4-7-16)30-25(32)23-17-10-11-18(13-17)24(23)26(30)33/h2-11,17-18,21,23-24H,12-14H2,1H3,(H,29,31)/t17-,18-,21+,23-,24+/m0/s1. The van der Waals surface area contributed by atoms with Crippen LogP contribution in [0.1, 0.15) is 17.5 Å². The number of allylic oxidation sites excluding steroid dienone is 2. The number of carbonyl (C=O) groups excluding carboxylic acids is 4. The Morgan fingerprint density at radius 2 is 1.69 bits per heavy atom. The zero-order valence-electron chi connectivity index (χ0n) is 19.1. The number of imide groups is 1. The first kappa shape index (κ1) is 23.3. The second kappa shape index (κ2) is 9.30. The normalized spacial score (nSPS) is 25.0.